The van der Waals surface area contributed by atoms with Crippen LogP contribution >= 0.6 is 0 Å². The van der Waals surface area contributed by atoms with E-state index in [0.717, 1.165) is 22.4 Å². The van der Waals surface area contributed by atoms with Gasteiger partial charge in [-0.15, -0.1) is 0 Å². The lowest BCUT2D eigenvalue weighted by molar-refractivity contribution is -0.301. The van der Waals surface area contributed by atoms with Crippen molar-refractivity contribution in [1.82, 2.24) is 0 Å². The van der Waals surface area contributed by atoms with E-state index in [1.165, 1.54) is 6.08 Å². The molecule has 1 N–H and O–H groups in total. The van der Waals surface area contributed by atoms with Gasteiger partial charge in [0.1, 0.15) is 6.08 Å². The molecule has 0 aliphatic rings. The maximum Gasteiger partial charge on any atom is 0.423 e. The highest BCUT2D eigenvalue weighted by molar-refractivity contribution is 6.11. The van der Waals surface area contributed by atoms with Crippen molar-refractivity contribution in [2.24, 2.45) is 0 Å². The van der Waals surface area contributed by atoms with Gasteiger partial charge in [-0.2, -0.15) is 0 Å². The van der Waals surface area contributed by atoms with Gasteiger partial charge in [-0.3, -0.25) is 0 Å². The van der Waals surface area contributed by atoms with Crippen molar-refractivity contribution in [3.05, 3.63) is 60.0 Å². The van der Waals surface area contributed by atoms with Gasteiger partial charge in [-0.25, -0.2) is 4.79 Å². The summed E-state index contributed by atoms with van der Waals surface area (Å²) in [6.07, 6.45) is 2.50. The summed E-state index contributed by atoms with van der Waals surface area (Å²) in [6.45, 7) is 0. The third-order valence-corrected chi connectivity index (χ3v) is 2.70. The molecule has 0 radical (unpaired) electrons. The lowest BCUT2D eigenvalue weighted by Gasteiger charge is -2.00. The Kier molecular flexibility index (Phi) is 3.52. The van der Waals surface area contributed by atoms with Crippen LogP contribution in [0.4, 0.5) is 0 Å². The van der Waals surface area contributed by atoms with E-state index in [1.807, 2.05) is 36.4 Å². The first-order valence-electron chi connectivity index (χ1n) is 5.57. The second kappa shape index (κ2) is 5.27. The molecule has 4 heteroatoms. The highest BCUT2D eigenvalue weighted by atomic mass is 16.4. The first-order chi connectivity index (χ1) is 9.09. The van der Waals surface area contributed by atoms with Gasteiger partial charge in [0.25, 0.3) is 0 Å². The Morgan fingerprint density at radius 1 is 1.11 bits per heavy atom. The molecule has 19 heavy (non-hydrogen) atoms. The largest absolute Gasteiger partial charge is 0.526 e. The lowest BCUT2D eigenvalue weighted by atomic mass is 10.0. The zero-order chi connectivity index (χ0) is 13.8. The fourth-order valence-electron chi connectivity index (χ4n) is 1.80. The molecule has 0 saturated heterocycles. The molecule has 0 bridgehead atoms. The van der Waals surface area contributed by atoms with Crippen LogP contribution in [-0.4, -0.2) is 17.0 Å². The predicted octanol–water partition coefficient (Wildman–Crippen LogP) is 1.26. The summed E-state index contributed by atoms with van der Waals surface area (Å²) >= 11 is 0. The van der Waals surface area contributed by atoms with E-state index in [9.17, 15) is 14.7 Å². The number of fused-ring (bicyclic) bond motifs is 1. The van der Waals surface area contributed by atoms with Crippen LogP contribution in [0.1, 0.15) is 5.56 Å². The molecule has 2 aromatic rings. The number of carbonyl (C=O) groups excluding carboxylic acids is 1. The van der Waals surface area contributed by atoms with Gasteiger partial charge < -0.3 is 15.0 Å². The standard InChI is InChI=1S/C15H10O4/c16-14(17)13(15(18)19)9-8-11-6-3-5-10-4-1-2-7-12(10)11/h1-9H,(H-,16,17,18,19)/b9-8+. The molecule has 2 aromatic carbocycles. The van der Waals surface area contributed by atoms with Crippen LogP contribution in [-0.2, 0) is 9.59 Å². The topological polar surface area (TPSA) is 77.4 Å². The van der Waals surface area contributed by atoms with E-state index < -0.39 is 17.9 Å². The first-order valence-corrected chi connectivity index (χ1v) is 5.57. The van der Waals surface area contributed by atoms with E-state index in [2.05, 4.69) is 0 Å². The second-order valence-corrected chi connectivity index (χ2v) is 3.91. The lowest BCUT2D eigenvalue weighted by Crippen LogP contribution is -2.33. The number of carboxylic acids is 2. The summed E-state index contributed by atoms with van der Waals surface area (Å²) in [7, 11) is 0. The van der Waals surface area contributed by atoms with Gasteiger partial charge in [0.2, 0.25) is 5.92 Å². The summed E-state index contributed by atoms with van der Waals surface area (Å²) < 4.78 is 0. The number of rotatable bonds is 4. The molecule has 2 rings (SSSR count). The molecule has 0 aliphatic heterocycles. The fraction of sp³-hybridized carbons (Fsp3) is 0. The fourth-order valence-corrected chi connectivity index (χ4v) is 1.80. The minimum atomic E-state index is -1.70. The third-order valence-electron chi connectivity index (χ3n) is 2.70. The monoisotopic (exact) mass is 254 g/mol. The Bertz CT molecular complexity index is 639. The van der Waals surface area contributed by atoms with Crippen molar-refractivity contribution in [3.63, 3.8) is 0 Å². The van der Waals surface area contributed by atoms with Gasteiger partial charge in [-0.05, 0) is 11.5 Å². The van der Waals surface area contributed by atoms with Gasteiger partial charge in [-0.1, -0.05) is 36.4 Å². The molecule has 0 fully saturated rings. The van der Waals surface area contributed by atoms with E-state index in [1.54, 1.807) is 6.07 Å². The van der Waals surface area contributed by atoms with Gasteiger partial charge >= 0.3 is 5.97 Å². The van der Waals surface area contributed by atoms with E-state index in [-0.39, 0.29) is 0 Å². The SMILES string of the molecule is O=C([O-])[C+](/C=C/c1cccc2ccccc12)C(=O)O. The van der Waals surface area contributed by atoms with Gasteiger partial charge in [0.15, 0.2) is 5.97 Å². The smallest absolute Gasteiger partial charge is 0.423 e. The van der Waals surface area contributed by atoms with Crippen LogP contribution < -0.4 is 5.11 Å². The Balaban J connectivity index is 2.40. The molecule has 0 unspecified atom stereocenters. The van der Waals surface area contributed by atoms with Crippen LogP contribution in [0.25, 0.3) is 16.8 Å². The van der Waals surface area contributed by atoms with Crippen molar-refractivity contribution in [2.45, 2.75) is 0 Å². The summed E-state index contributed by atoms with van der Waals surface area (Å²) in [4.78, 5) is 21.4. The van der Waals surface area contributed by atoms with E-state index >= 15 is 0 Å². The minimum absolute atomic E-state index is 0.748. The zero-order valence-electron chi connectivity index (χ0n) is 9.87. The number of benzene rings is 2. The van der Waals surface area contributed by atoms with E-state index in [0.29, 0.717) is 0 Å². The zero-order valence-corrected chi connectivity index (χ0v) is 9.87. The van der Waals surface area contributed by atoms with Gasteiger partial charge in [0, 0.05) is 5.39 Å². The van der Waals surface area contributed by atoms with Crippen LogP contribution in [0.15, 0.2) is 48.5 Å². The number of carboxylic acid groups (broad SMARTS) is 2. The van der Waals surface area contributed by atoms with Crippen molar-refractivity contribution in [3.8, 4) is 0 Å². The Morgan fingerprint density at radius 2 is 1.79 bits per heavy atom. The molecule has 0 spiro atoms. The maximum absolute atomic E-state index is 10.7. The number of hydrogen-bond donors (Lipinski definition) is 1. The van der Waals surface area contributed by atoms with Crippen molar-refractivity contribution in [2.75, 3.05) is 0 Å². The molecule has 0 amide bonds. The normalized spacial score (nSPS) is 10.7. The van der Waals surface area contributed by atoms with Crippen LogP contribution in [0.3, 0.4) is 0 Å². The van der Waals surface area contributed by atoms with Crippen molar-refractivity contribution >= 4 is 28.8 Å². The summed E-state index contributed by atoms with van der Waals surface area (Å²) in [5, 5.41) is 21.3. The molecule has 4 nitrogen and oxygen atoms in total. The molecule has 94 valence electrons. The average Bonchev–Trinajstić information content (AvgIpc) is 2.38. The number of carbonyl (C=O) groups is 2. The third kappa shape index (κ3) is 2.74. The Labute approximate surface area is 109 Å². The Hall–Kier alpha value is -2.75. The quantitative estimate of drug-likeness (QED) is 0.658. The summed E-state index contributed by atoms with van der Waals surface area (Å²) in [6, 6.07) is 13.1. The Morgan fingerprint density at radius 3 is 2.47 bits per heavy atom. The summed E-state index contributed by atoms with van der Waals surface area (Å²) in [5.74, 6) is -3.99. The van der Waals surface area contributed by atoms with Crippen LogP contribution in [0, 0.1) is 5.92 Å². The average molecular weight is 254 g/mol. The summed E-state index contributed by atoms with van der Waals surface area (Å²) in [5.41, 5.74) is 0.748. The first kappa shape index (κ1) is 12.7. The molecule has 0 aromatic heterocycles. The van der Waals surface area contributed by atoms with Gasteiger partial charge in [0.05, 0.1) is 11.6 Å². The maximum atomic E-state index is 10.7. The molecular formula is C15H10O4. The second-order valence-electron chi connectivity index (χ2n) is 3.91. The van der Waals surface area contributed by atoms with E-state index in [4.69, 9.17) is 5.11 Å². The molecule has 0 aliphatic carbocycles. The van der Waals surface area contributed by atoms with Crippen molar-refractivity contribution < 1.29 is 19.8 Å². The highest BCUT2D eigenvalue weighted by Gasteiger charge is 2.25. The molecule has 0 saturated carbocycles. The van der Waals surface area contributed by atoms with Crippen LogP contribution in [0.2, 0.25) is 0 Å². The number of hydrogen-bond acceptors (Lipinski definition) is 3. The molecule has 0 atom stereocenters. The molecular weight excluding hydrogens is 244 g/mol. The highest BCUT2D eigenvalue weighted by Crippen LogP contribution is 2.20. The number of aliphatic carboxylic acids is 2. The molecule has 0 heterocycles. The van der Waals surface area contributed by atoms with Crippen molar-refractivity contribution in [1.29, 1.82) is 0 Å². The van der Waals surface area contributed by atoms with Crippen LogP contribution in [0.5, 0.6) is 0 Å². The predicted molar refractivity (Wildman–Crippen MR) is 68.9 cm³/mol. The minimum Gasteiger partial charge on any atom is -0.526 e.